The van der Waals surface area contributed by atoms with E-state index in [9.17, 15) is 8.42 Å². The molecule has 19 heavy (non-hydrogen) atoms. The number of nitrogens with one attached hydrogen (secondary N) is 2. The van der Waals surface area contributed by atoms with Crippen molar-refractivity contribution in [1.82, 2.24) is 15.2 Å². The summed E-state index contributed by atoms with van der Waals surface area (Å²) in [5.41, 5.74) is 1.88. The lowest BCUT2D eigenvalue weighted by molar-refractivity contribution is 0.363. The predicted molar refractivity (Wildman–Crippen MR) is 77.9 cm³/mol. The van der Waals surface area contributed by atoms with Gasteiger partial charge in [-0.25, -0.2) is 13.4 Å². The molecule has 0 aliphatic heterocycles. The van der Waals surface area contributed by atoms with Gasteiger partial charge in [0.2, 0.25) is 10.0 Å². The molecule has 6 heteroatoms. The molecule has 1 rings (SSSR count). The Morgan fingerprint density at radius 3 is 2.42 bits per heavy atom. The second-order valence-electron chi connectivity index (χ2n) is 5.10. The fraction of sp³-hybridized carbons (Fsp3) is 0.538. The van der Waals surface area contributed by atoms with Crippen LogP contribution >= 0.6 is 0 Å². The van der Waals surface area contributed by atoms with Gasteiger partial charge < -0.3 is 5.32 Å². The Balaban J connectivity index is 2.71. The third-order valence-electron chi connectivity index (χ3n) is 2.38. The van der Waals surface area contributed by atoms with E-state index in [0.29, 0.717) is 6.04 Å². The summed E-state index contributed by atoms with van der Waals surface area (Å²) in [6.07, 6.45) is 0. The molecule has 0 saturated heterocycles. The van der Waals surface area contributed by atoms with Crippen molar-refractivity contribution in [1.29, 1.82) is 0 Å². The highest BCUT2D eigenvalue weighted by Gasteiger charge is 2.12. The second kappa shape index (κ2) is 7.00. The molecule has 0 saturated carbocycles. The molecule has 0 spiro atoms. The van der Waals surface area contributed by atoms with Gasteiger partial charge in [-0.3, -0.25) is 0 Å². The summed E-state index contributed by atoms with van der Waals surface area (Å²) in [4.78, 5) is 2.43. The molecule has 0 amide bonds. The number of rotatable bonds is 7. The van der Waals surface area contributed by atoms with E-state index in [4.69, 9.17) is 0 Å². The quantitative estimate of drug-likeness (QED) is 0.736. The summed E-state index contributed by atoms with van der Waals surface area (Å²) in [6.45, 7) is 4.90. The average molecular weight is 285 g/mol. The first-order chi connectivity index (χ1) is 8.78. The third kappa shape index (κ3) is 6.68. The molecular weight excluding hydrogens is 262 g/mol. The van der Waals surface area contributed by atoms with Gasteiger partial charge in [-0.2, -0.15) is 0 Å². The maximum Gasteiger partial charge on any atom is 0.228 e. The minimum atomic E-state index is -3.33. The fourth-order valence-electron chi connectivity index (χ4n) is 1.68. The number of hydrazine groups is 1. The van der Waals surface area contributed by atoms with Crippen molar-refractivity contribution >= 4 is 10.0 Å². The lowest BCUT2D eigenvalue weighted by Gasteiger charge is -2.13. The average Bonchev–Trinajstić information content (AvgIpc) is 2.24. The number of hydrogen-bond donors (Lipinski definition) is 2. The Hall–Kier alpha value is -0.950. The topological polar surface area (TPSA) is 61.4 Å². The summed E-state index contributed by atoms with van der Waals surface area (Å²) in [5, 5.41) is 4.74. The molecule has 1 aromatic carbocycles. The van der Waals surface area contributed by atoms with E-state index in [-0.39, 0.29) is 5.75 Å². The SMILES string of the molecule is CC(C)NCc1cccc(CS(=O)(=O)NN(C)C)c1. The highest BCUT2D eigenvalue weighted by Crippen LogP contribution is 2.09. The lowest BCUT2D eigenvalue weighted by Crippen LogP contribution is -2.36. The largest absolute Gasteiger partial charge is 0.310 e. The number of nitrogens with zero attached hydrogens (tertiary/aromatic N) is 1. The number of sulfonamides is 1. The van der Waals surface area contributed by atoms with Crippen LogP contribution in [0.15, 0.2) is 24.3 Å². The van der Waals surface area contributed by atoms with Crippen LogP contribution < -0.4 is 10.1 Å². The predicted octanol–water partition coefficient (Wildman–Crippen LogP) is 1.08. The molecule has 0 atom stereocenters. The van der Waals surface area contributed by atoms with Crippen molar-refractivity contribution in [2.24, 2.45) is 0 Å². The summed E-state index contributed by atoms with van der Waals surface area (Å²) < 4.78 is 23.6. The van der Waals surface area contributed by atoms with Crippen LogP contribution in [0.3, 0.4) is 0 Å². The number of benzene rings is 1. The zero-order valence-electron chi connectivity index (χ0n) is 12.0. The van der Waals surface area contributed by atoms with E-state index >= 15 is 0 Å². The van der Waals surface area contributed by atoms with Crippen molar-refractivity contribution in [2.45, 2.75) is 32.2 Å². The molecule has 0 aliphatic rings. The van der Waals surface area contributed by atoms with E-state index in [1.807, 2.05) is 24.3 Å². The Bertz CT molecular complexity index is 498. The van der Waals surface area contributed by atoms with Crippen molar-refractivity contribution in [3.63, 3.8) is 0 Å². The van der Waals surface area contributed by atoms with E-state index in [1.165, 1.54) is 5.01 Å². The van der Waals surface area contributed by atoms with Gasteiger partial charge in [0, 0.05) is 26.7 Å². The monoisotopic (exact) mass is 285 g/mol. The zero-order chi connectivity index (χ0) is 14.5. The first kappa shape index (κ1) is 16.1. The Labute approximate surface area is 116 Å². The molecule has 1 aromatic rings. The molecule has 108 valence electrons. The number of hydrogen-bond acceptors (Lipinski definition) is 4. The van der Waals surface area contributed by atoms with E-state index in [2.05, 4.69) is 24.0 Å². The first-order valence-corrected chi connectivity index (χ1v) is 7.92. The van der Waals surface area contributed by atoms with Gasteiger partial charge >= 0.3 is 0 Å². The van der Waals surface area contributed by atoms with Crippen LogP contribution in [0.4, 0.5) is 0 Å². The molecule has 5 nitrogen and oxygen atoms in total. The van der Waals surface area contributed by atoms with E-state index in [1.54, 1.807) is 14.1 Å². The van der Waals surface area contributed by atoms with Crippen LogP contribution in [-0.2, 0) is 22.3 Å². The summed E-state index contributed by atoms with van der Waals surface area (Å²) in [6, 6.07) is 8.03. The summed E-state index contributed by atoms with van der Waals surface area (Å²) in [5.74, 6) is -0.0132. The Kier molecular flexibility index (Phi) is 5.93. The van der Waals surface area contributed by atoms with E-state index in [0.717, 1.165) is 17.7 Å². The molecule has 0 radical (unpaired) electrons. The smallest absolute Gasteiger partial charge is 0.228 e. The minimum Gasteiger partial charge on any atom is -0.310 e. The standard InChI is InChI=1S/C13H23N3O2S/c1-11(2)14-9-12-6-5-7-13(8-12)10-19(17,18)15-16(3)4/h5-8,11,14-15H,9-10H2,1-4H3. The Morgan fingerprint density at radius 1 is 1.21 bits per heavy atom. The minimum absolute atomic E-state index is 0.0132. The van der Waals surface area contributed by atoms with Gasteiger partial charge in [0.05, 0.1) is 5.75 Å². The van der Waals surface area contributed by atoms with E-state index < -0.39 is 10.0 Å². The molecular formula is C13H23N3O2S. The van der Waals surface area contributed by atoms with Gasteiger partial charge in [0.25, 0.3) is 0 Å². The third-order valence-corrected chi connectivity index (χ3v) is 3.74. The van der Waals surface area contributed by atoms with Gasteiger partial charge in [-0.1, -0.05) is 38.1 Å². The molecule has 0 aliphatic carbocycles. The van der Waals surface area contributed by atoms with Gasteiger partial charge in [-0.05, 0) is 11.1 Å². The van der Waals surface area contributed by atoms with Crippen LogP contribution in [0.2, 0.25) is 0 Å². The van der Waals surface area contributed by atoms with Crippen molar-refractivity contribution in [2.75, 3.05) is 14.1 Å². The summed E-state index contributed by atoms with van der Waals surface area (Å²) >= 11 is 0. The van der Waals surface area contributed by atoms with Gasteiger partial charge in [-0.15, -0.1) is 4.83 Å². The highest BCUT2D eigenvalue weighted by molar-refractivity contribution is 7.88. The molecule has 0 heterocycles. The van der Waals surface area contributed by atoms with Crippen LogP contribution in [0, 0.1) is 0 Å². The molecule has 0 bridgehead atoms. The lowest BCUT2D eigenvalue weighted by atomic mass is 10.1. The van der Waals surface area contributed by atoms with Gasteiger partial charge in [0.1, 0.15) is 0 Å². The normalized spacial score (nSPS) is 12.3. The summed E-state index contributed by atoms with van der Waals surface area (Å²) in [7, 11) is -0.0198. The zero-order valence-corrected chi connectivity index (χ0v) is 12.8. The molecule has 0 unspecified atom stereocenters. The highest BCUT2D eigenvalue weighted by atomic mass is 32.2. The van der Waals surface area contributed by atoms with Crippen LogP contribution in [-0.4, -0.2) is 33.6 Å². The fourth-order valence-corrected chi connectivity index (χ4v) is 2.92. The van der Waals surface area contributed by atoms with Gasteiger partial charge in [0.15, 0.2) is 0 Å². The van der Waals surface area contributed by atoms with Crippen molar-refractivity contribution in [3.8, 4) is 0 Å². The maximum atomic E-state index is 11.8. The maximum absolute atomic E-state index is 11.8. The Morgan fingerprint density at radius 2 is 1.84 bits per heavy atom. The molecule has 0 fully saturated rings. The van der Waals surface area contributed by atoms with Crippen molar-refractivity contribution < 1.29 is 8.42 Å². The van der Waals surface area contributed by atoms with Crippen LogP contribution in [0.1, 0.15) is 25.0 Å². The second-order valence-corrected chi connectivity index (χ2v) is 6.80. The van der Waals surface area contributed by atoms with Crippen LogP contribution in [0.25, 0.3) is 0 Å². The molecule has 2 N–H and O–H groups in total. The first-order valence-electron chi connectivity index (χ1n) is 6.27. The molecule has 0 aromatic heterocycles. The van der Waals surface area contributed by atoms with Crippen LogP contribution in [0.5, 0.6) is 0 Å². The van der Waals surface area contributed by atoms with Crippen molar-refractivity contribution in [3.05, 3.63) is 35.4 Å².